The third-order valence-corrected chi connectivity index (χ3v) is 3.68. The van der Waals surface area contributed by atoms with Crippen molar-refractivity contribution in [2.45, 2.75) is 47.3 Å². The highest BCUT2D eigenvalue weighted by molar-refractivity contribution is 5.32. The van der Waals surface area contributed by atoms with Gasteiger partial charge in [0, 0.05) is 11.3 Å². The molecular formula is C16H22N2O. The smallest absolute Gasteiger partial charge is 0.0797 e. The van der Waals surface area contributed by atoms with Gasteiger partial charge in [-0.3, -0.25) is 4.68 Å². The van der Waals surface area contributed by atoms with Crippen LogP contribution in [0, 0.1) is 27.7 Å². The van der Waals surface area contributed by atoms with Crippen LogP contribution in [0.5, 0.6) is 0 Å². The molecule has 0 radical (unpaired) electrons. The standard InChI is InChI=1S/C16H22N2O/c1-10-6-7-11(2)15(8-10)9-18-13(4)16(14(5)19)12(3)17-18/h6-8,14,19H,9H2,1-5H3. The van der Waals surface area contributed by atoms with Crippen LogP contribution in [0.25, 0.3) is 0 Å². The first-order valence-corrected chi connectivity index (χ1v) is 6.68. The van der Waals surface area contributed by atoms with Gasteiger partial charge in [-0.15, -0.1) is 0 Å². The van der Waals surface area contributed by atoms with Crippen molar-refractivity contribution >= 4 is 0 Å². The summed E-state index contributed by atoms with van der Waals surface area (Å²) in [6.45, 7) is 10.7. The van der Waals surface area contributed by atoms with Gasteiger partial charge in [0.2, 0.25) is 0 Å². The van der Waals surface area contributed by atoms with Crippen molar-refractivity contribution in [3.05, 3.63) is 51.8 Å². The molecule has 2 aromatic rings. The third kappa shape index (κ3) is 2.71. The first-order valence-electron chi connectivity index (χ1n) is 6.68. The van der Waals surface area contributed by atoms with Crippen LogP contribution in [-0.2, 0) is 6.54 Å². The molecule has 0 saturated carbocycles. The van der Waals surface area contributed by atoms with Gasteiger partial charge in [-0.2, -0.15) is 5.10 Å². The molecule has 1 N–H and O–H groups in total. The summed E-state index contributed by atoms with van der Waals surface area (Å²) in [7, 11) is 0. The average Bonchev–Trinajstić information content (AvgIpc) is 2.59. The molecule has 1 unspecified atom stereocenters. The van der Waals surface area contributed by atoms with E-state index in [1.54, 1.807) is 6.92 Å². The van der Waals surface area contributed by atoms with Crippen LogP contribution in [0.4, 0.5) is 0 Å². The fraction of sp³-hybridized carbons (Fsp3) is 0.438. The molecule has 1 atom stereocenters. The average molecular weight is 258 g/mol. The quantitative estimate of drug-likeness (QED) is 0.918. The van der Waals surface area contributed by atoms with Gasteiger partial charge in [0.25, 0.3) is 0 Å². The molecule has 3 heteroatoms. The van der Waals surface area contributed by atoms with E-state index in [4.69, 9.17) is 0 Å². The van der Waals surface area contributed by atoms with Crippen molar-refractivity contribution in [1.82, 2.24) is 9.78 Å². The Labute approximate surface area is 114 Å². The van der Waals surface area contributed by atoms with Crippen molar-refractivity contribution < 1.29 is 5.11 Å². The Morgan fingerprint density at radius 2 is 1.89 bits per heavy atom. The summed E-state index contributed by atoms with van der Waals surface area (Å²) < 4.78 is 1.99. The number of aryl methyl sites for hydroxylation is 3. The lowest BCUT2D eigenvalue weighted by Crippen LogP contribution is -2.06. The summed E-state index contributed by atoms with van der Waals surface area (Å²) in [5.41, 5.74) is 6.73. The van der Waals surface area contributed by atoms with Gasteiger partial charge in [0.15, 0.2) is 0 Å². The number of hydrogen-bond donors (Lipinski definition) is 1. The molecule has 19 heavy (non-hydrogen) atoms. The molecule has 1 heterocycles. The molecule has 0 spiro atoms. The fourth-order valence-electron chi connectivity index (χ4n) is 2.60. The molecule has 0 aliphatic carbocycles. The van der Waals surface area contributed by atoms with Crippen molar-refractivity contribution in [2.24, 2.45) is 0 Å². The first kappa shape index (κ1) is 13.8. The van der Waals surface area contributed by atoms with Gasteiger partial charge in [0.05, 0.1) is 18.3 Å². The van der Waals surface area contributed by atoms with Crippen molar-refractivity contribution in [2.75, 3.05) is 0 Å². The Bertz CT molecular complexity index is 597. The largest absolute Gasteiger partial charge is 0.389 e. The summed E-state index contributed by atoms with van der Waals surface area (Å²) in [5, 5.41) is 14.4. The Morgan fingerprint density at radius 1 is 1.21 bits per heavy atom. The van der Waals surface area contributed by atoms with E-state index in [0.29, 0.717) is 0 Å². The van der Waals surface area contributed by atoms with E-state index < -0.39 is 6.10 Å². The van der Waals surface area contributed by atoms with Crippen LogP contribution < -0.4 is 0 Å². The van der Waals surface area contributed by atoms with E-state index in [1.807, 2.05) is 18.5 Å². The number of hydrogen-bond acceptors (Lipinski definition) is 2. The molecule has 1 aromatic heterocycles. The second-order valence-electron chi connectivity index (χ2n) is 5.35. The predicted octanol–water partition coefficient (Wildman–Crippen LogP) is 3.22. The Kier molecular flexibility index (Phi) is 3.76. The topological polar surface area (TPSA) is 38.0 Å². The maximum absolute atomic E-state index is 9.81. The molecule has 0 amide bonds. The zero-order chi connectivity index (χ0) is 14.2. The molecule has 0 aliphatic heterocycles. The van der Waals surface area contributed by atoms with Gasteiger partial charge in [-0.25, -0.2) is 0 Å². The molecule has 2 rings (SSSR count). The van der Waals surface area contributed by atoms with Crippen LogP contribution in [0.1, 0.15) is 46.7 Å². The number of nitrogens with zero attached hydrogens (tertiary/aromatic N) is 2. The van der Waals surface area contributed by atoms with E-state index in [1.165, 1.54) is 16.7 Å². The SMILES string of the molecule is Cc1ccc(C)c(Cn2nc(C)c(C(C)O)c2C)c1. The molecule has 0 bridgehead atoms. The first-order chi connectivity index (χ1) is 8.90. The van der Waals surface area contributed by atoms with Gasteiger partial charge in [-0.1, -0.05) is 23.8 Å². The lowest BCUT2D eigenvalue weighted by atomic mass is 10.1. The molecule has 3 nitrogen and oxygen atoms in total. The van der Waals surface area contributed by atoms with Gasteiger partial charge >= 0.3 is 0 Å². The van der Waals surface area contributed by atoms with Crippen LogP contribution >= 0.6 is 0 Å². The zero-order valence-corrected chi connectivity index (χ0v) is 12.4. The fourth-order valence-corrected chi connectivity index (χ4v) is 2.60. The minimum absolute atomic E-state index is 0.465. The maximum Gasteiger partial charge on any atom is 0.0797 e. The lowest BCUT2D eigenvalue weighted by Gasteiger charge is -2.10. The zero-order valence-electron chi connectivity index (χ0n) is 12.4. The molecule has 0 aliphatic rings. The van der Waals surface area contributed by atoms with Crippen LogP contribution in [0.3, 0.4) is 0 Å². The summed E-state index contributed by atoms with van der Waals surface area (Å²) in [5.74, 6) is 0. The number of rotatable bonds is 3. The summed E-state index contributed by atoms with van der Waals surface area (Å²) >= 11 is 0. The normalized spacial score (nSPS) is 12.7. The second-order valence-corrected chi connectivity index (χ2v) is 5.35. The minimum Gasteiger partial charge on any atom is -0.389 e. The van der Waals surface area contributed by atoms with Gasteiger partial charge in [-0.05, 0) is 45.7 Å². The van der Waals surface area contributed by atoms with E-state index in [9.17, 15) is 5.11 Å². The van der Waals surface area contributed by atoms with Gasteiger partial charge < -0.3 is 5.11 Å². The van der Waals surface area contributed by atoms with Gasteiger partial charge in [0.1, 0.15) is 0 Å². The molecule has 102 valence electrons. The highest BCUT2D eigenvalue weighted by Crippen LogP contribution is 2.22. The van der Waals surface area contributed by atoms with E-state index >= 15 is 0 Å². The minimum atomic E-state index is -0.465. The Hall–Kier alpha value is -1.61. The van der Waals surface area contributed by atoms with E-state index in [0.717, 1.165) is 23.5 Å². The number of benzene rings is 1. The predicted molar refractivity (Wildman–Crippen MR) is 77.4 cm³/mol. The van der Waals surface area contributed by atoms with Crippen molar-refractivity contribution in [3.8, 4) is 0 Å². The third-order valence-electron chi connectivity index (χ3n) is 3.68. The molecule has 0 saturated heterocycles. The van der Waals surface area contributed by atoms with Crippen LogP contribution in [0.15, 0.2) is 18.2 Å². The highest BCUT2D eigenvalue weighted by atomic mass is 16.3. The molecule has 1 aromatic carbocycles. The van der Waals surface area contributed by atoms with Crippen LogP contribution in [0.2, 0.25) is 0 Å². The van der Waals surface area contributed by atoms with E-state index in [-0.39, 0.29) is 0 Å². The van der Waals surface area contributed by atoms with Crippen LogP contribution in [-0.4, -0.2) is 14.9 Å². The monoisotopic (exact) mass is 258 g/mol. The Morgan fingerprint density at radius 3 is 2.47 bits per heavy atom. The number of aliphatic hydroxyl groups is 1. The highest BCUT2D eigenvalue weighted by Gasteiger charge is 2.16. The van der Waals surface area contributed by atoms with Crippen molar-refractivity contribution in [3.63, 3.8) is 0 Å². The maximum atomic E-state index is 9.81. The molecular weight excluding hydrogens is 236 g/mol. The number of aromatic nitrogens is 2. The summed E-state index contributed by atoms with van der Waals surface area (Å²) in [4.78, 5) is 0. The lowest BCUT2D eigenvalue weighted by molar-refractivity contribution is 0.197. The summed E-state index contributed by atoms with van der Waals surface area (Å²) in [6.07, 6.45) is -0.465. The number of aliphatic hydroxyl groups excluding tert-OH is 1. The van der Waals surface area contributed by atoms with Crippen molar-refractivity contribution in [1.29, 1.82) is 0 Å². The second kappa shape index (κ2) is 5.17. The Balaban J connectivity index is 2.39. The van der Waals surface area contributed by atoms with E-state index in [2.05, 4.69) is 37.1 Å². The summed E-state index contributed by atoms with van der Waals surface area (Å²) in [6, 6.07) is 6.47. The molecule has 0 fully saturated rings.